The molecule has 2 aromatic carbocycles. The number of aryl methyl sites for hydroxylation is 2. The first kappa shape index (κ1) is 22.9. The molecule has 35 heavy (non-hydrogen) atoms. The fourth-order valence-corrected chi connectivity index (χ4v) is 5.50. The Labute approximate surface area is 204 Å². The van der Waals surface area contributed by atoms with Crippen LogP contribution in [-0.4, -0.2) is 35.6 Å². The Bertz CT molecular complexity index is 1310. The van der Waals surface area contributed by atoms with E-state index in [0.717, 1.165) is 35.3 Å². The number of carboxylic acid groups (broad SMARTS) is 1. The molecule has 1 amide bonds. The highest BCUT2D eigenvalue weighted by Gasteiger charge is 2.30. The van der Waals surface area contributed by atoms with Gasteiger partial charge in [-0.15, -0.1) is 0 Å². The number of aliphatic carboxylic acids is 1. The van der Waals surface area contributed by atoms with Crippen LogP contribution in [0.1, 0.15) is 63.1 Å². The minimum absolute atomic E-state index is 0.0223. The van der Waals surface area contributed by atoms with Gasteiger partial charge in [-0.1, -0.05) is 18.2 Å². The van der Waals surface area contributed by atoms with E-state index < -0.39 is 5.97 Å². The zero-order valence-electron chi connectivity index (χ0n) is 20.1. The molecule has 0 saturated carbocycles. The number of carbonyl (C=O) groups excluding carboxylic acids is 1. The van der Waals surface area contributed by atoms with Crippen LogP contribution in [0.4, 0.5) is 5.69 Å². The molecule has 2 heterocycles. The summed E-state index contributed by atoms with van der Waals surface area (Å²) in [4.78, 5) is 27.8. The number of rotatable bonds is 6. The average molecular weight is 472 g/mol. The molecule has 3 aromatic rings. The Kier molecular flexibility index (Phi) is 5.93. The normalized spacial score (nSPS) is 17.9. The van der Waals surface area contributed by atoms with Gasteiger partial charge in [0.1, 0.15) is 5.75 Å². The number of hydrogen-bond donors (Lipinski definition) is 3. The van der Waals surface area contributed by atoms with Crippen LogP contribution in [0.25, 0.3) is 11.1 Å². The van der Waals surface area contributed by atoms with Crippen LogP contribution >= 0.6 is 0 Å². The second kappa shape index (κ2) is 9.06. The Hall–Kier alpha value is -3.87. The minimum Gasteiger partial charge on any atom is -0.491 e. The van der Waals surface area contributed by atoms with E-state index in [1.807, 2.05) is 18.2 Å². The maximum atomic E-state index is 12.1. The molecule has 0 saturated heterocycles. The van der Waals surface area contributed by atoms with Gasteiger partial charge in [-0.3, -0.25) is 14.6 Å². The van der Waals surface area contributed by atoms with Crippen LogP contribution in [0.5, 0.6) is 5.75 Å². The van der Waals surface area contributed by atoms with E-state index in [2.05, 4.69) is 47.7 Å². The van der Waals surface area contributed by atoms with Gasteiger partial charge in [-0.2, -0.15) is 0 Å². The summed E-state index contributed by atoms with van der Waals surface area (Å²) >= 11 is 0. The summed E-state index contributed by atoms with van der Waals surface area (Å²) in [6, 6.07) is 12.4. The van der Waals surface area contributed by atoms with Crippen LogP contribution in [0.3, 0.4) is 0 Å². The van der Waals surface area contributed by atoms with Crippen molar-refractivity contribution in [2.24, 2.45) is 0 Å². The highest BCUT2D eigenvalue weighted by Crippen LogP contribution is 2.42. The summed E-state index contributed by atoms with van der Waals surface area (Å²) in [6.07, 6.45) is 3.71. The predicted octanol–water partition coefficient (Wildman–Crippen LogP) is 4.78. The lowest BCUT2D eigenvalue weighted by molar-refractivity contribution is -0.137. The largest absolute Gasteiger partial charge is 0.491 e. The highest BCUT2D eigenvalue weighted by atomic mass is 16.5. The maximum absolute atomic E-state index is 12.1. The van der Waals surface area contributed by atoms with Crippen molar-refractivity contribution in [3.63, 3.8) is 0 Å². The molecular weight excluding hydrogens is 442 g/mol. The van der Waals surface area contributed by atoms with Crippen molar-refractivity contribution in [3.05, 3.63) is 76.1 Å². The summed E-state index contributed by atoms with van der Waals surface area (Å²) in [5.41, 5.74) is 9.44. The number of carboxylic acids is 1. The van der Waals surface area contributed by atoms with Gasteiger partial charge < -0.3 is 20.5 Å². The average Bonchev–Trinajstić information content (AvgIpc) is 3.42. The molecule has 180 valence electrons. The molecule has 1 aliphatic heterocycles. The van der Waals surface area contributed by atoms with Crippen molar-refractivity contribution in [1.82, 2.24) is 10.3 Å². The summed E-state index contributed by atoms with van der Waals surface area (Å²) in [6.45, 7) is 4.48. The summed E-state index contributed by atoms with van der Waals surface area (Å²) < 4.78 is 5.73. The Balaban J connectivity index is 1.42. The molecular formula is C28H29N3O4. The van der Waals surface area contributed by atoms with E-state index in [4.69, 9.17) is 9.84 Å². The molecule has 2 atom stereocenters. The first-order valence-electron chi connectivity index (χ1n) is 11.9. The number of benzene rings is 2. The number of aromatic nitrogens is 1. The number of ether oxygens (including phenoxy) is 1. The fraction of sp³-hybridized carbons (Fsp3) is 0.321. The van der Waals surface area contributed by atoms with Crippen LogP contribution < -0.4 is 15.4 Å². The Morgan fingerprint density at radius 1 is 1.17 bits per heavy atom. The molecule has 1 aromatic heterocycles. The minimum atomic E-state index is -0.845. The first-order valence-corrected chi connectivity index (χ1v) is 11.9. The van der Waals surface area contributed by atoms with Crippen molar-refractivity contribution < 1.29 is 19.4 Å². The van der Waals surface area contributed by atoms with Crippen molar-refractivity contribution in [2.75, 3.05) is 19.0 Å². The smallest absolute Gasteiger partial charge is 0.304 e. The Morgan fingerprint density at radius 2 is 1.94 bits per heavy atom. The number of hydrogen-bond acceptors (Lipinski definition) is 5. The fourth-order valence-electron chi connectivity index (χ4n) is 5.50. The predicted molar refractivity (Wildman–Crippen MR) is 134 cm³/mol. The van der Waals surface area contributed by atoms with E-state index in [-0.39, 0.29) is 24.3 Å². The summed E-state index contributed by atoms with van der Waals surface area (Å²) in [7, 11) is 1.65. The van der Waals surface area contributed by atoms with Crippen LogP contribution in [0.2, 0.25) is 0 Å². The van der Waals surface area contributed by atoms with Crippen LogP contribution in [-0.2, 0) is 11.2 Å². The number of pyridine rings is 1. The standard InChI is InChI=1S/C28H29N3O4/c1-15-9-17(28(34)29-3)10-16(2)26(15)22-6-4-5-21-20(22)7-8-23(21)31-19-12-24-27(30-13-19)18(14-35-24)11-25(32)33/h4-6,9-10,12-13,18,23,31H,7-8,11,14H2,1-3H3,(H,29,34)(H,32,33)/t18?,23-/m1/s1. The van der Waals surface area contributed by atoms with Gasteiger partial charge in [-0.25, -0.2) is 0 Å². The van der Waals surface area contributed by atoms with Crippen molar-refractivity contribution in [1.29, 1.82) is 0 Å². The van der Waals surface area contributed by atoms with Crippen LogP contribution in [0, 0.1) is 13.8 Å². The summed E-state index contributed by atoms with van der Waals surface area (Å²) in [5, 5.41) is 15.4. The molecule has 0 bridgehead atoms. The van der Waals surface area contributed by atoms with E-state index in [1.54, 1.807) is 13.2 Å². The molecule has 7 nitrogen and oxygen atoms in total. The quantitative estimate of drug-likeness (QED) is 0.479. The van der Waals surface area contributed by atoms with Crippen molar-refractivity contribution >= 4 is 17.6 Å². The lowest BCUT2D eigenvalue weighted by atomic mass is 9.89. The number of amides is 1. The third-order valence-corrected chi connectivity index (χ3v) is 7.03. The lowest BCUT2D eigenvalue weighted by Crippen LogP contribution is -2.18. The SMILES string of the molecule is CNC(=O)c1cc(C)c(-c2cccc3c2CC[C@H]3Nc2cnc3c(c2)OCC3CC(=O)O)c(C)c1. The molecule has 0 fully saturated rings. The molecule has 0 spiro atoms. The number of anilines is 1. The maximum Gasteiger partial charge on any atom is 0.304 e. The molecule has 2 aliphatic rings. The van der Waals surface area contributed by atoms with Gasteiger partial charge in [-0.05, 0) is 72.2 Å². The number of carbonyl (C=O) groups is 2. The molecule has 7 heteroatoms. The van der Waals surface area contributed by atoms with E-state index >= 15 is 0 Å². The zero-order chi connectivity index (χ0) is 24.7. The van der Waals surface area contributed by atoms with Crippen LogP contribution in [0.15, 0.2) is 42.6 Å². The molecule has 1 unspecified atom stereocenters. The first-order chi connectivity index (χ1) is 16.9. The number of nitrogens with one attached hydrogen (secondary N) is 2. The van der Waals surface area contributed by atoms with E-state index in [1.165, 1.54) is 22.3 Å². The van der Waals surface area contributed by atoms with Gasteiger partial charge in [0.25, 0.3) is 5.91 Å². The van der Waals surface area contributed by atoms with Gasteiger partial charge in [0, 0.05) is 24.6 Å². The van der Waals surface area contributed by atoms with E-state index in [9.17, 15) is 9.59 Å². The van der Waals surface area contributed by atoms with Gasteiger partial charge in [0.05, 0.1) is 36.6 Å². The second-order valence-corrected chi connectivity index (χ2v) is 9.39. The second-order valence-electron chi connectivity index (χ2n) is 9.39. The molecule has 1 aliphatic carbocycles. The third-order valence-electron chi connectivity index (χ3n) is 7.03. The number of fused-ring (bicyclic) bond motifs is 2. The lowest BCUT2D eigenvalue weighted by Gasteiger charge is -2.18. The van der Waals surface area contributed by atoms with Gasteiger partial charge in [0.15, 0.2) is 0 Å². The zero-order valence-corrected chi connectivity index (χ0v) is 20.1. The molecule has 0 radical (unpaired) electrons. The summed E-state index contributed by atoms with van der Waals surface area (Å²) in [5.74, 6) is -0.461. The Morgan fingerprint density at radius 3 is 2.66 bits per heavy atom. The monoisotopic (exact) mass is 471 g/mol. The van der Waals surface area contributed by atoms with Crippen molar-refractivity contribution in [3.8, 4) is 16.9 Å². The topological polar surface area (TPSA) is 101 Å². The van der Waals surface area contributed by atoms with E-state index in [0.29, 0.717) is 17.9 Å². The third kappa shape index (κ3) is 4.22. The molecule has 5 rings (SSSR count). The highest BCUT2D eigenvalue weighted by molar-refractivity contribution is 5.95. The number of nitrogens with zero attached hydrogens (tertiary/aromatic N) is 1. The van der Waals surface area contributed by atoms with Gasteiger partial charge >= 0.3 is 5.97 Å². The van der Waals surface area contributed by atoms with Crippen molar-refractivity contribution in [2.45, 2.75) is 45.1 Å². The van der Waals surface area contributed by atoms with Gasteiger partial charge in [0.2, 0.25) is 0 Å². The molecule has 3 N–H and O–H groups in total.